The summed E-state index contributed by atoms with van der Waals surface area (Å²) in [5.41, 5.74) is 2.04. The van der Waals surface area contributed by atoms with Crippen LogP contribution in [0, 0.1) is 0 Å². The van der Waals surface area contributed by atoms with Crippen molar-refractivity contribution in [3.8, 4) is 0 Å². The Morgan fingerprint density at radius 2 is 2.47 bits per heavy atom. The lowest BCUT2D eigenvalue weighted by Gasteiger charge is -2.34. The number of nitrogens with one attached hydrogen (secondary N) is 1. The van der Waals surface area contributed by atoms with E-state index in [2.05, 4.69) is 22.1 Å². The molecule has 0 aromatic carbocycles. The van der Waals surface area contributed by atoms with E-state index in [0.29, 0.717) is 31.0 Å². The molecule has 2 aliphatic rings. The second-order valence-electron chi connectivity index (χ2n) is 4.91. The number of carbonyl (C=O) groups is 1. The standard InChI is InChI=1S/C13H17N3O3/c1-8-7-19-3-2-16(8)12-4-9-10(5-14-13(9)18)11(6-17)15-12/h4,8,17H,2-3,5-7H2,1H3,(H,14,18)/t8-/m1/s1. The van der Waals surface area contributed by atoms with Crippen molar-refractivity contribution in [2.75, 3.05) is 24.7 Å². The average molecular weight is 263 g/mol. The number of morpholine rings is 1. The minimum Gasteiger partial charge on any atom is -0.390 e. The normalized spacial score (nSPS) is 22.3. The number of amides is 1. The molecule has 1 fully saturated rings. The molecule has 19 heavy (non-hydrogen) atoms. The van der Waals surface area contributed by atoms with Gasteiger partial charge in [0.15, 0.2) is 0 Å². The van der Waals surface area contributed by atoms with Gasteiger partial charge in [0.2, 0.25) is 0 Å². The molecule has 6 nitrogen and oxygen atoms in total. The smallest absolute Gasteiger partial charge is 0.252 e. The lowest BCUT2D eigenvalue weighted by Crippen LogP contribution is -2.44. The van der Waals surface area contributed by atoms with E-state index in [1.54, 1.807) is 0 Å². The zero-order chi connectivity index (χ0) is 13.4. The summed E-state index contributed by atoms with van der Waals surface area (Å²) in [5.74, 6) is 0.657. The highest BCUT2D eigenvalue weighted by atomic mass is 16.5. The fourth-order valence-corrected chi connectivity index (χ4v) is 2.62. The molecule has 0 radical (unpaired) electrons. The molecule has 0 spiro atoms. The number of fused-ring (bicyclic) bond motifs is 1. The molecule has 0 saturated carbocycles. The van der Waals surface area contributed by atoms with Crippen molar-refractivity contribution < 1.29 is 14.6 Å². The van der Waals surface area contributed by atoms with Crippen molar-refractivity contribution in [3.63, 3.8) is 0 Å². The van der Waals surface area contributed by atoms with Crippen molar-refractivity contribution in [1.82, 2.24) is 10.3 Å². The van der Waals surface area contributed by atoms with Crippen LogP contribution in [-0.2, 0) is 17.9 Å². The van der Waals surface area contributed by atoms with Gasteiger partial charge < -0.3 is 20.1 Å². The number of carbonyl (C=O) groups excluding carboxylic acids is 1. The first-order valence-electron chi connectivity index (χ1n) is 6.47. The largest absolute Gasteiger partial charge is 0.390 e. The third-order valence-electron chi connectivity index (χ3n) is 3.68. The predicted molar refractivity (Wildman–Crippen MR) is 69.0 cm³/mol. The number of rotatable bonds is 2. The highest BCUT2D eigenvalue weighted by Crippen LogP contribution is 2.26. The molecule has 1 atom stereocenters. The van der Waals surface area contributed by atoms with Gasteiger partial charge in [-0.3, -0.25) is 4.79 Å². The molecule has 102 valence electrons. The second kappa shape index (κ2) is 4.79. The maximum absolute atomic E-state index is 11.8. The number of ether oxygens (including phenoxy) is 1. The van der Waals surface area contributed by atoms with Gasteiger partial charge in [-0.15, -0.1) is 0 Å². The predicted octanol–water partition coefficient (Wildman–Crippen LogP) is 0.0424. The van der Waals surface area contributed by atoms with Crippen LogP contribution in [-0.4, -0.2) is 41.8 Å². The van der Waals surface area contributed by atoms with Crippen LogP contribution < -0.4 is 10.2 Å². The Morgan fingerprint density at radius 1 is 1.63 bits per heavy atom. The van der Waals surface area contributed by atoms with Crippen LogP contribution in [0.3, 0.4) is 0 Å². The van der Waals surface area contributed by atoms with Gasteiger partial charge in [-0.1, -0.05) is 0 Å². The zero-order valence-corrected chi connectivity index (χ0v) is 10.8. The Balaban J connectivity index is 2.02. The number of aromatic nitrogens is 1. The van der Waals surface area contributed by atoms with Crippen LogP contribution in [0.4, 0.5) is 5.82 Å². The van der Waals surface area contributed by atoms with Crippen molar-refractivity contribution in [1.29, 1.82) is 0 Å². The molecule has 1 aromatic heterocycles. The third kappa shape index (κ3) is 2.06. The number of hydrogen-bond acceptors (Lipinski definition) is 5. The molecule has 2 aliphatic heterocycles. The molecule has 1 aromatic rings. The lowest BCUT2D eigenvalue weighted by molar-refractivity contribution is 0.0965. The minimum absolute atomic E-state index is 0.0886. The Bertz CT molecular complexity index is 518. The van der Waals surface area contributed by atoms with Crippen molar-refractivity contribution in [3.05, 3.63) is 22.9 Å². The number of nitrogens with zero attached hydrogens (tertiary/aromatic N) is 2. The number of aliphatic hydroxyl groups excluding tert-OH is 1. The highest BCUT2D eigenvalue weighted by Gasteiger charge is 2.27. The number of hydrogen-bond donors (Lipinski definition) is 2. The Labute approximate surface area is 111 Å². The quantitative estimate of drug-likeness (QED) is 0.788. The molecule has 2 N–H and O–H groups in total. The molecule has 6 heteroatoms. The van der Waals surface area contributed by atoms with Crippen molar-refractivity contribution in [2.24, 2.45) is 0 Å². The summed E-state index contributed by atoms with van der Waals surface area (Å²) in [6, 6.07) is 2.04. The molecule has 3 rings (SSSR count). The van der Waals surface area contributed by atoms with Gasteiger partial charge in [0, 0.05) is 24.2 Å². The van der Waals surface area contributed by atoms with E-state index in [9.17, 15) is 9.90 Å². The van der Waals surface area contributed by atoms with Gasteiger partial charge in [0.25, 0.3) is 5.91 Å². The maximum Gasteiger partial charge on any atom is 0.252 e. The summed E-state index contributed by atoms with van der Waals surface area (Å²) in [6.07, 6.45) is 0. The van der Waals surface area contributed by atoms with Crippen LogP contribution in [0.1, 0.15) is 28.5 Å². The van der Waals surface area contributed by atoms with Gasteiger partial charge in [-0.2, -0.15) is 0 Å². The summed E-state index contributed by atoms with van der Waals surface area (Å²) >= 11 is 0. The molecule has 0 bridgehead atoms. The first-order valence-corrected chi connectivity index (χ1v) is 6.47. The van der Waals surface area contributed by atoms with Crippen LogP contribution in [0.25, 0.3) is 0 Å². The molecular weight excluding hydrogens is 246 g/mol. The molecule has 1 amide bonds. The maximum atomic E-state index is 11.8. The van der Waals surface area contributed by atoms with Gasteiger partial charge in [-0.05, 0) is 13.0 Å². The molecule has 0 unspecified atom stereocenters. The molecule has 0 aliphatic carbocycles. The van der Waals surface area contributed by atoms with E-state index < -0.39 is 0 Å². The molecular formula is C13H17N3O3. The first kappa shape index (κ1) is 12.4. The van der Waals surface area contributed by atoms with E-state index in [-0.39, 0.29) is 18.6 Å². The Hall–Kier alpha value is -1.66. The Kier molecular flexibility index (Phi) is 3.12. The fraction of sp³-hybridized carbons (Fsp3) is 0.538. The average Bonchev–Trinajstić information content (AvgIpc) is 2.80. The Morgan fingerprint density at radius 3 is 3.21 bits per heavy atom. The van der Waals surface area contributed by atoms with E-state index in [0.717, 1.165) is 17.9 Å². The number of anilines is 1. The summed E-state index contributed by atoms with van der Waals surface area (Å²) in [5, 5.41) is 12.2. The lowest BCUT2D eigenvalue weighted by atomic mass is 10.1. The SMILES string of the molecule is C[C@@H]1COCCN1c1cc2c(c(CO)n1)CNC2=O. The van der Waals surface area contributed by atoms with E-state index in [1.165, 1.54) is 0 Å². The van der Waals surface area contributed by atoms with E-state index in [1.807, 2.05) is 6.07 Å². The minimum atomic E-state index is -0.149. The van der Waals surface area contributed by atoms with Gasteiger partial charge in [0.05, 0.1) is 31.6 Å². The van der Waals surface area contributed by atoms with Gasteiger partial charge in [0.1, 0.15) is 5.82 Å². The molecule has 1 saturated heterocycles. The van der Waals surface area contributed by atoms with E-state index in [4.69, 9.17) is 4.74 Å². The topological polar surface area (TPSA) is 74.7 Å². The van der Waals surface area contributed by atoms with Gasteiger partial charge >= 0.3 is 0 Å². The van der Waals surface area contributed by atoms with Crippen LogP contribution in [0.15, 0.2) is 6.07 Å². The number of pyridine rings is 1. The third-order valence-corrected chi connectivity index (χ3v) is 3.68. The monoisotopic (exact) mass is 263 g/mol. The van der Waals surface area contributed by atoms with Gasteiger partial charge in [-0.25, -0.2) is 4.98 Å². The van der Waals surface area contributed by atoms with Crippen LogP contribution in [0.5, 0.6) is 0 Å². The van der Waals surface area contributed by atoms with E-state index >= 15 is 0 Å². The summed E-state index contributed by atoms with van der Waals surface area (Å²) < 4.78 is 5.41. The second-order valence-corrected chi connectivity index (χ2v) is 4.91. The van der Waals surface area contributed by atoms with Crippen LogP contribution in [0.2, 0.25) is 0 Å². The summed E-state index contributed by atoms with van der Waals surface area (Å²) in [6.45, 7) is 4.43. The van der Waals surface area contributed by atoms with Crippen LogP contribution >= 0.6 is 0 Å². The fourth-order valence-electron chi connectivity index (χ4n) is 2.62. The zero-order valence-electron chi connectivity index (χ0n) is 10.8. The van der Waals surface area contributed by atoms with Crippen molar-refractivity contribution >= 4 is 11.7 Å². The highest BCUT2D eigenvalue weighted by molar-refractivity contribution is 5.99. The summed E-state index contributed by atoms with van der Waals surface area (Å²) in [7, 11) is 0. The number of aliphatic hydroxyl groups is 1. The first-order chi connectivity index (χ1) is 9.20. The summed E-state index contributed by atoms with van der Waals surface area (Å²) in [4.78, 5) is 18.4. The molecule has 3 heterocycles. The van der Waals surface area contributed by atoms with Crippen molar-refractivity contribution in [2.45, 2.75) is 26.1 Å².